The largest absolute Gasteiger partial charge is 0.334 e. The molecule has 3 heteroatoms. The third-order valence-corrected chi connectivity index (χ3v) is 1.81. The van der Waals surface area contributed by atoms with Gasteiger partial charge in [0.15, 0.2) is 0 Å². The Hall–Kier alpha value is -1.77. The third kappa shape index (κ3) is 3.31. The molecule has 0 fully saturated rings. The Labute approximate surface area is 83.8 Å². The van der Waals surface area contributed by atoms with Gasteiger partial charge in [-0.3, -0.25) is 0 Å². The molecule has 0 saturated heterocycles. The minimum Gasteiger partial charge on any atom is -0.334 e. The van der Waals surface area contributed by atoms with Gasteiger partial charge < -0.3 is 10.6 Å². The maximum absolute atomic E-state index is 11.0. The molecule has 0 aliphatic rings. The molecule has 0 aromatic heterocycles. The molecule has 2 N–H and O–H groups in total. The van der Waals surface area contributed by atoms with E-state index >= 15 is 0 Å². The van der Waals surface area contributed by atoms with E-state index in [1.54, 1.807) is 0 Å². The van der Waals surface area contributed by atoms with E-state index in [0.29, 0.717) is 6.54 Å². The van der Waals surface area contributed by atoms with E-state index in [9.17, 15) is 4.79 Å². The molecular formula is C11H14N2O. The summed E-state index contributed by atoms with van der Waals surface area (Å²) in [6.45, 7) is 5.95. The van der Waals surface area contributed by atoms with Crippen molar-refractivity contribution in [2.24, 2.45) is 0 Å². The van der Waals surface area contributed by atoms with Crippen LogP contribution in [-0.2, 0) is 6.54 Å². The summed E-state index contributed by atoms with van der Waals surface area (Å²) in [6.07, 6.45) is 1.35. The van der Waals surface area contributed by atoms with E-state index in [2.05, 4.69) is 17.2 Å². The summed E-state index contributed by atoms with van der Waals surface area (Å²) in [5.74, 6) is 0. The second kappa shape index (κ2) is 5.07. The van der Waals surface area contributed by atoms with Crippen molar-refractivity contribution >= 4 is 6.03 Å². The van der Waals surface area contributed by atoms with Crippen LogP contribution in [0.15, 0.2) is 37.0 Å². The van der Waals surface area contributed by atoms with Crippen LogP contribution in [0.25, 0.3) is 0 Å². The van der Waals surface area contributed by atoms with Gasteiger partial charge in [0.05, 0.1) is 0 Å². The number of urea groups is 1. The van der Waals surface area contributed by atoms with Crippen LogP contribution in [0.2, 0.25) is 0 Å². The fraction of sp³-hybridized carbons (Fsp3) is 0.182. The molecule has 0 aliphatic heterocycles. The summed E-state index contributed by atoms with van der Waals surface area (Å²) in [4.78, 5) is 11.0. The third-order valence-electron chi connectivity index (χ3n) is 1.81. The van der Waals surface area contributed by atoms with Crippen molar-refractivity contribution in [3.05, 3.63) is 48.2 Å². The first-order chi connectivity index (χ1) is 6.72. The number of rotatable bonds is 3. The molecule has 0 saturated carbocycles. The van der Waals surface area contributed by atoms with Gasteiger partial charge in [-0.05, 0) is 18.7 Å². The van der Waals surface area contributed by atoms with Gasteiger partial charge >= 0.3 is 6.03 Å². The van der Waals surface area contributed by atoms with Crippen molar-refractivity contribution < 1.29 is 4.79 Å². The van der Waals surface area contributed by atoms with E-state index in [1.165, 1.54) is 11.8 Å². The lowest BCUT2D eigenvalue weighted by Gasteiger charge is -2.04. The lowest BCUT2D eigenvalue weighted by atomic mass is 10.1. The Bertz CT molecular complexity index is 317. The number of amides is 2. The summed E-state index contributed by atoms with van der Waals surface area (Å²) in [5, 5.41) is 5.14. The van der Waals surface area contributed by atoms with Gasteiger partial charge in [-0.15, -0.1) is 0 Å². The summed E-state index contributed by atoms with van der Waals surface area (Å²) in [5.41, 5.74) is 2.29. The molecule has 0 atom stereocenters. The highest BCUT2D eigenvalue weighted by Crippen LogP contribution is 2.01. The first-order valence-electron chi connectivity index (χ1n) is 4.43. The van der Waals surface area contributed by atoms with Crippen molar-refractivity contribution in [1.29, 1.82) is 0 Å². The van der Waals surface area contributed by atoms with Gasteiger partial charge in [-0.2, -0.15) is 0 Å². The highest BCUT2D eigenvalue weighted by molar-refractivity contribution is 5.74. The van der Waals surface area contributed by atoms with Crippen molar-refractivity contribution in [2.45, 2.75) is 13.5 Å². The zero-order valence-corrected chi connectivity index (χ0v) is 8.21. The van der Waals surface area contributed by atoms with E-state index in [-0.39, 0.29) is 6.03 Å². The first-order valence-corrected chi connectivity index (χ1v) is 4.43. The zero-order valence-electron chi connectivity index (χ0n) is 8.21. The second-order valence-electron chi connectivity index (χ2n) is 3.02. The van der Waals surface area contributed by atoms with Gasteiger partial charge in [0.2, 0.25) is 0 Å². The Morgan fingerprint density at radius 2 is 2.07 bits per heavy atom. The summed E-state index contributed by atoms with van der Waals surface area (Å²) < 4.78 is 0. The molecule has 1 aromatic carbocycles. The molecule has 2 amide bonds. The molecule has 0 unspecified atom stereocenters. The SMILES string of the molecule is C=CNC(=O)NCc1ccc(C)cc1. The second-order valence-corrected chi connectivity index (χ2v) is 3.02. The molecule has 0 radical (unpaired) electrons. The maximum Gasteiger partial charge on any atom is 0.319 e. The zero-order chi connectivity index (χ0) is 10.4. The Kier molecular flexibility index (Phi) is 3.73. The lowest BCUT2D eigenvalue weighted by molar-refractivity contribution is 0.244. The topological polar surface area (TPSA) is 41.1 Å². The average Bonchev–Trinajstić information content (AvgIpc) is 2.17. The van der Waals surface area contributed by atoms with Crippen LogP contribution in [0.4, 0.5) is 4.79 Å². The monoisotopic (exact) mass is 190 g/mol. The summed E-state index contributed by atoms with van der Waals surface area (Å²) >= 11 is 0. The van der Waals surface area contributed by atoms with E-state index in [4.69, 9.17) is 0 Å². The van der Waals surface area contributed by atoms with Crippen LogP contribution in [0.1, 0.15) is 11.1 Å². The van der Waals surface area contributed by atoms with Gasteiger partial charge in [0, 0.05) is 6.54 Å². The highest BCUT2D eigenvalue weighted by Gasteiger charge is 1.96. The van der Waals surface area contributed by atoms with Crippen molar-refractivity contribution in [1.82, 2.24) is 10.6 Å². The Morgan fingerprint density at radius 1 is 1.43 bits per heavy atom. The number of carbonyl (C=O) groups excluding carboxylic acids is 1. The van der Waals surface area contributed by atoms with Crippen LogP contribution >= 0.6 is 0 Å². The lowest BCUT2D eigenvalue weighted by Crippen LogP contribution is -2.31. The minimum absolute atomic E-state index is 0.236. The van der Waals surface area contributed by atoms with Crippen molar-refractivity contribution in [3.8, 4) is 0 Å². The maximum atomic E-state index is 11.0. The summed E-state index contributed by atoms with van der Waals surface area (Å²) in [7, 11) is 0. The van der Waals surface area contributed by atoms with Crippen LogP contribution in [0, 0.1) is 6.92 Å². The average molecular weight is 190 g/mol. The Balaban J connectivity index is 2.41. The quantitative estimate of drug-likeness (QED) is 0.751. The van der Waals surface area contributed by atoms with E-state index in [1.807, 2.05) is 31.2 Å². The molecule has 0 bridgehead atoms. The van der Waals surface area contributed by atoms with E-state index in [0.717, 1.165) is 5.56 Å². The van der Waals surface area contributed by atoms with Gasteiger partial charge in [-0.25, -0.2) is 4.79 Å². The summed E-state index contributed by atoms with van der Waals surface area (Å²) in [6, 6.07) is 7.78. The Morgan fingerprint density at radius 3 is 2.64 bits per heavy atom. The van der Waals surface area contributed by atoms with Crippen LogP contribution in [0.3, 0.4) is 0 Å². The van der Waals surface area contributed by atoms with Gasteiger partial charge in [0.25, 0.3) is 0 Å². The van der Waals surface area contributed by atoms with E-state index < -0.39 is 0 Å². The molecule has 0 aliphatic carbocycles. The molecule has 1 rings (SSSR count). The van der Waals surface area contributed by atoms with Crippen LogP contribution in [-0.4, -0.2) is 6.03 Å². The molecule has 0 spiro atoms. The number of hydrogen-bond acceptors (Lipinski definition) is 1. The standard InChI is InChI=1S/C11H14N2O/c1-3-12-11(14)13-8-10-6-4-9(2)5-7-10/h3-7H,1,8H2,2H3,(H2,12,13,14). The fourth-order valence-electron chi connectivity index (χ4n) is 1.03. The van der Waals surface area contributed by atoms with Crippen LogP contribution in [0.5, 0.6) is 0 Å². The number of carbonyl (C=O) groups is 1. The molecule has 1 aromatic rings. The minimum atomic E-state index is -0.236. The molecular weight excluding hydrogens is 176 g/mol. The highest BCUT2D eigenvalue weighted by atomic mass is 16.2. The van der Waals surface area contributed by atoms with Crippen molar-refractivity contribution in [2.75, 3.05) is 0 Å². The fourth-order valence-corrected chi connectivity index (χ4v) is 1.03. The normalized spacial score (nSPS) is 9.21. The first kappa shape index (κ1) is 10.3. The number of hydrogen-bond donors (Lipinski definition) is 2. The molecule has 14 heavy (non-hydrogen) atoms. The predicted molar refractivity (Wildman–Crippen MR) is 56.7 cm³/mol. The molecule has 74 valence electrons. The van der Waals surface area contributed by atoms with Gasteiger partial charge in [0.1, 0.15) is 0 Å². The number of aryl methyl sites for hydroxylation is 1. The molecule has 3 nitrogen and oxygen atoms in total. The van der Waals surface area contributed by atoms with Crippen molar-refractivity contribution in [3.63, 3.8) is 0 Å². The van der Waals surface area contributed by atoms with Crippen LogP contribution < -0.4 is 10.6 Å². The smallest absolute Gasteiger partial charge is 0.319 e. The van der Waals surface area contributed by atoms with Gasteiger partial charge in [-0.1, -0.05) is 36.4 Å². The predicted octanol–water partition coefficient (Wildman–Crippen LogP) is 1.94. The number of benzene rings is 1. The molecule has 0 heterocycles. The number of nitrogens with one attached hydrogen (secondary N) is 2.